The molecule has 272 valence electrons. The van der Waals surface area contributed by atoms with Crippen molar-refractivity contribution >= 4 is 33.1 Å². The molecule has 0 saturated carbocycles. The number of aryl methyl sites for hydroxylation is 1. The molecule has 0 radical (unpaired) electrons. The molecule has 0 bridgehead atoms. The lowest BCUT2D eigenvalue weighted by Gasteiger charge is -2.39. The fourth-order valence-electron chi connectivity index (χ4n) is 6.95. The first-order valence-corrected chi connectivity index (χ1v) is 19.5. The van der Waals surface area contributed by atoms with E-state index >= 15 is 0 Å². The van der Waals surface area contributed by atoms with Gasteiger partial charge in [0, 0.05) is 60.4 Å². The smallest absolute Gasteiger partial charge is 0.294 e. The molecule has 4 rings (SSSR count). The Morgan fingerprint density at radius 3 is 2.26 bits per heavy atom. The highest BCUT2D eigenvalue weighted by Gasteiger charge is 2.45. The fourth-order valence-corrected chi connectivity index (χ4v) is 7.46. The summed E-state index contributed by atoms with van der Waals surface area (Å²) >= 11 is 0. The van der Waals surface area contributed by atoms with E-state index in [0.717, 1.165) is 49.3 Å². The zero-order valence-corrected chi connectivity index (χ0v) is 33.1. The monoisotopic (exact) mass is 702 g/mol. The molecule has 2 aliphatic heterocycles. The van der Waals surface area contributed by atoms with Crippen LogP contribution in [0.4, 0.5) is 11.4 Å². The van der Waals surface area contributed by atoms with Gasteiger partial charge < -0.3 is 10.2 Å². The van der Waals surface area contributed by atoms with E-state index in [2.05, 4.69) is 140 Å². The molecule has 7 nitrogen and oxygen atoms in total. The highest BCUT2D eigenvalue weighted by Crippen LogP contribution is 2.48. The Labute approximate surface area is 302 Å². The van der Waals surface area contributed by atoms with E-state index in [-0.39, 0.29) is 27.0 Å². The average Bonchev–Trinajstić information content (AvgIpc) is 3.36. The molecule has 50 heavy (non-hydrogen) atoms. The van der Waals surface area contributed by atoms with Gasteiger partial charge in [0.1, 0.15) is 6.54 Å². The van der Waals surface area contributed by atoms with E-state index in [0.29, 0.717) is 13.0 Å². The summed E-state index contributed by atoms with van der Waals surface area (Å²) in [5, 5.41) is 3.13. The molecule has 8 heteroatoms. The lowest BCUT2D eigenvalue weighted by molar-refractivity contribution is -0.438. The first-order valence-electron chi connectivity index (χ1n) is 18.1. The second-order valence-corrected chi connectivity index (χ2v) is 18.1. The summed E-state index contributed by atoms with van der Waals surface area (Å²) in [7, 11) is -4.34. The van der Waals surface area contributed by atoms with Gasteiger partial charge in [-0.1, -0.05) is 84.4 Å². The van der Waals surface area contributed by atoms with E-state index in [1.807, 2.05) is 0 Å². The topological polar surface area (TPSA) is 89.7 Å². The van der Waals surface area contributed by atoms with Crippen molar-refractivity contribution in [2.24, 2.45) is 10.8 Å². The van der Waals surface area contributed by atoms with E-state index in [9.17, 15) is 17.8 Å². The van der Waals surface area contributed by atoms with E-state index in [4.69, 9.17) is 0 Å². The number of hydrogen-bond acceptors (Lipinski definition) is 4. The Bertz CT molecular complexity index is 1840. The van der Waals surface area contributed by atoms with Crippen LogP contribution in [0.25, 0.3) is 0 Å². The van der Waals surface area contributed by atoms with Crippen LogP contribution in [-0.4, -0.2) is 48.8 Å². The van der Waals surface area contributed by atoms with Gasteiger partial charge in [-0.05, 0) is 81.2 Å². The molecule has 0 aromatic heterocycles. The van der Waals surface area contributed by atoms with E-state index < -0.39 is 15.5 Å². The van der Waals surface area contributed by atoms with Crippen LogP contribution < -0.4 is 10.2 Å². The van der Waals surface area contributed by atoms with Crippen molar-refractivity contribution in [2.45, 2.75) is 118 Å². The number of hydrogen-bond donors (Lipinski definition) is 2. The normalized spacial score (nSPS) is 18.1. The Balaban J connectivity index is 1.52. The number of benzene rings is 2. The molecule has 0 spiro atoms. The number of anilines is 1. The Morgan fingerprint density at radius 2 is 1.62 bits per heavy atom. The van der Waals surface area contributed by atoms with E-state index in [1.54, 1.807) is 12.1 Å². The third kappa shape index (κ3) is 8.18. The SMILES string of the molecule is CCN1\C(=C/C=C/C=C/C2=[N+](CCCCCC(=O)NCC(C)(C)C(C)(C)C)c3ccc(S(=O)(=O)O)cc3C2(C)C)C(C)(C)c2cc(C)ccc21. The lowest BCUT2D eigenvalue weighted by atomic mass is 9.69. The average molecular weight is 703 g/mol. The van der Waals surface area contributed by atoms with Crippen LogP contribution in [0.3, 0.4) is 0 Å². The van der Waals surface area contributed by atoms with Crippen molar-refractivity contribution in [3.63, 3.8) is 0 Å². The van der Waals surface area contributed by atoms with Crippen LogP contribution in [0.1, 0.15) is 112 Å². The van der Waals surface area contributed by atoms with Gasteiger partial charge in [-0.3, -0.25) is 9.35 Å². The van der Waals surface area contributed by atoms with Crippen molar-refractivity contribution in [1.82, 2.24) is 5.32 Å². The molecule has 0 fully saturated rings. The summed E-state index contributed by atoms with van der Waals surface area (Å²) in [5.74, 6) is 0.0895. The minimum Gasteiger partial charge on any atom is -0.356 e. The van der Waals surface area contributed by atoms with Crippen LogP contribution >= 0.6 is 0 Å². The maximum atomic E-state index is 12.6. The van der Waals surface area contributed by atoms with Gasteiger partial charge in [0.2, 0.25) is 11.6 Å². The van der Waals surface area contributed by atoms with Crippen LogP contribution in [-0.2, 0) is 25.7 Å². The predicted molar refractivity (Wildman–Crippen MR) is 207 cm³/mol. The second-order valence-electron chi connectivity index (χ2n) is 16.7. The largest absolute Gasteiger partial charge is 0.356 e. The highest BCUT2D eigenvalue weighted by atomic mass is 32.2. The number of carbonyl (C=O) groups is 1. The molecule has 2 aromatic carbocycles. The maximum Gasteiger partial charge on any atom is 0.294 e. The van der Waals surface area contributed by atoms with Gasteiger partial charge in [-0.25, -0.2) is 0 Å². The molecule has 0 aliphatic carbocycles. The first-order chi connectivity index (χ1) is 23.1. The summed E-state index contributed by atoms with van der Waals surface area (Å²) in [6.45, 7) is 26.3. The van der Waals surface area contributed by atoms with Gasteiger partial charge >= 0.3 is 0 Å². The van der Waals surface area contributed by atoms with Crippen LogP contribution in [0.2, 0.25) is 0 Å². The van der Waals surface area contributed by atoms with Crippen molar-refractivity contribution in [2.75, 3.05) is 24.5 Å². The van der Waals surface area contributed by atoms with Crippen LogP contribution in [0, 0.1) is 17.8 Å². The Hall–Kier alpha value is -3.49. The molecule has 2 heterocycles. The predicted octanol–water partition coefficient (Wildman–Crippen LogP) is 9.18. The standard InChI is InChI=1S/C42H59N3O4S/c1-12-44-34-24-22-30(2)27-32(34)41(8,9)36(44)19-15-13-16-20-37-42(10,11)33-28-31(50(47,48)49)23-25-35(33)45(37)26-18-14-17-21-38(46)43-29-40(6,7)39(3,4)5/h13,15-16,19-20,22-25,27-28H,12,14,17-18,21,26,29H2,1-11H3,(H-,43,46,47,48,49)/p+1. The number of rotatable bonds is 13. The summed E-state index contributed by atoms with van der Waals surface area (Å²) in [6.07, 6.45) is 13.6. The number of unbranched alkanes of at least 4 members (excludes halogenated alkanes) is 2. The first kappa shape index (κ1) is 39.3. The molecule has 2 aliphatic rings. The van der Waals surface area contributed by atoms with Crippen molar-refractivity contribution in [3.05, 3.63) is 89.2 Å². The number of nitrogens with zero attached hydrogens (tertiary/aromatic N) is 2. The third-order valence-electron chi connectivity index (χ3n) is 11.3. The molecule has 2 aromatic rings. The molecular formula is C42H60N3O4S+. The quantitative estimate of drug-likeness (QED) is 0.0941. The molecule has 2 N–H and O–H groups in total. The molecule has 0 saturated heterocycles. The minimum absolute atomic E-state index is 0.00630. The number of amides is 1. The van der Waals surface area contributed by atoms with E-state index in [1.165, 1.54) is 28.6 Å². The number of fused-ring (bicyclic) bond motifs is 2. The summed E-state index contributed by atoms with van der Waals surface area (Å²) < 4.78 is 36.2. The molecule has 0 unspecified atom stereocenters. The van der Waals surface area contributed by atoms with Crippen LogP contribution in [0.15, 0.2) is 77.4 Å². The number of nitrogens with one attached hydrogen (secondary N) is 1. The zero-order valence-electron chi connectivity index (χ0n) is 32.3. The van der Waals surface area contributed by atoms with Crippen molar-refractivity contribution in [1.29, 1.82) is 0 Å². The maximum absolute atomic E-state index is 12.6. The summed E-state index contributed by atoms with van der Waals surface area (Å²) in [4.78, 5) is 14.9. The van der Waals surface area contributed by atoms with Gasteiger partial charge in [-0.15, -0.1) is 0 Å². The van der Waals surface area contributed by atoms with Gasteiger partial charge in [0.25, 0.3) is 10.1 Å². The third-order valence-corrected chi connectivity index (χ3v) is 12.1. The lowest BCUT2D eigenvalue weighted by Crippen LogP contribution is -2.41. The van der Waals surface area contributed by atoms with Crippen molar-refractivity contribution < 1.29 is 22.3 Å². The summed E-state index contributed by atoms with van der Waals surface area (Å²) in [5.41, 5.74) is 7.47. The fraction of sp³-hybridized carbons (Fsp3) is 0.524. The molecular weight excluding hydrogens is 643 g/mol. The van der Waals surface area contributed by atoms with Gasteiger partial charge in [0.05, 0.1) is 10.3 Å². The van der Waals surface area contributed by atoms with Gasteiger partial charge in [0.15, 0.2) is 5.71 Å². The Kier molecular flexibility index (Phi) is 11.5. The van der Waals surface area contributed by atoms with Gasteiger partial charge in [-0.2, -0.15) is 13.0 Å². The second kappa shape index (κ2) is 14.6. The van der Waals surface area contributed by atoms with Crippen molar-refractivity contribution in [3.8, 4) is 0 Å². The molecule has 1 amide bonds. The summed E-state index contributed by atoms with van der Waals surface area (Å²) in [6, 6.07) is 11.6. The molecule has 0 atom stereocenters. The zero-order chi connectivity index (χ0) is 37.3. The minimum atomic E-state index is -4.34. The highest BCUT2D eigenvalue weighted by molar-refractivity contribution is 7.85. The van der Waals surface area contributed by atoms with Crippen LogP contribution in [0.5, 0.6) is 0 Å². The number of likely N-dealkylation sites (N-methyl/N-ethyl adjacent to an activating group) is 1. The Morgan fingerprint density at radius 1 is 0.920 bits per heavy atom. The number of allylic oxidation sites excluding steroid dienone is 6. The number of carbonyl (C=O) groups excluding carboxylic acids is 1.